The molecule has 5 heteroatoms. The van der Waals surface area contributed by atoms with E-state index in [9.17, 15) is 4.79 Å². The molecule has 106 valence electrons. The summed E-state index contributed by atoms with van der Waals surface area (Å²) in [5.74, 6) is 0.707. The van der Waals surface area contributed by atoms with Crippen LogP contribution in [0.2, 0.25) is 0 Å². The van der Waals surface area contributed by atoms with Crippen LogP contribution in [0.5, 0.6) is 0 Å². The molecule has 1 aliphatic rings. The molecule has 0 spiro atoms. The van der Waals surface area contributed by atoms with Gasteiger partial charge in [0.05, 0.1) is 6.61 Å². The van der Waals surface area contributed by atoms with Gasteiger partial charge in [0.15, 0.2) is 0 Å². The molecule has 1 amide bonds. The van der Waals surface area contributed by atoms with E-state index in [2.05, 4.69) is 10.2 Å². The maximum absolute atomic E-state index is 12.0. The summed E-state index contributed by atoms with van der Waals surface area (Å²) in [6.45, 7) is 3.80. The molecule has 0 aromatic carbocycles. The topological polar surface area (TPSA) is 67.6 Å². The summed E-state index contributed by atoms with van der Waals surface area (Å²) in [5, 5.41) is 3.02. The van der Waals surface area contributed by atoms with Gasteiger partial charge in [-0.15, -0.1) is 0 Å². The van der Waals surface area contributed by atoms with Crippen LogP contribution in [0.25, 0.3) is 0 Å². The van der Waals surface area contributed by atoms with E-state index in [4.69, 9.17) is 10.5 Å². The predicted molar refractivity (Wildman–Crippen MR) is 72.3 cm³/mol. The lowest BCUT2D eigenvalue weighted by Crippen LogP contribution is -2.39. The van der Waals surface area contributed by atoms with Gasteiger partial charge in [0, 0.05) is 32.7 Å². The van der Waals surface area contributed by atoms with Gasteiger partial charge < -0.3 is 20.7 Å². The summed E-state index contributed by atoms with van der Waals surface area (Å²) >= 11 is 0. The molecule has 1 rings (SSSR count). The Hall–Kier alpha value is -0.650. The lowest BCUT2D eigenvalue weighted by atomic mass is 9.95. The Bertz CT molecular complexity index is 248. The second kappa shape index (κ2) is 8.45. The molecule has 0 radical (unpaired) electrons. The van der Waals surface area contributed by atoms with E-state index in [1.54, 1.807) is 7.11 Å². The molecule has 3 N–H and O–H groups in total. The molecule has 5 nitrogen and oxygen atoms in total. The van der Waals surface area contributed by atoms with Crippen molar-refractivity contribution >= 4 is 5.91 Å². The number of ether oxygens (including phenoxy) is 1. The normalized spacial score (nSPS) is 23.6. The standard InChI is InChI=1S/C13H27N3O2/c1-16(8-9-18-2)7-6-15-13(17)12-5-3-4-11(12)10-14/h11-12H,3-10,14H2,1-2H3,(H,15,17)/t11-,12-/m1/s1. The van der Waals surface area contributed by atoms with E-state index in [-0.39, 0.29) is 11.8 Å². The molecule has 0 aromatic rings. The van der Waals surface area contributed by atoms with Gasteiger partial charge in [-0.1, -0.05) is 6.42 Å². The summed E-state index contributed by atoms with van der Waals surface area (Å²) in [6.07, 6.45) is 3.23. The molecule has 0 bridgehead atoms. The van der Waals surface area contributed by atoms with Crippen LogP contribution >= 0.6 is 0 Å². The number of nitrogens with two attached hydrogens (primary N) is 1. The van der Waals surface area contributed by atoms with Crippen LogP contribution in [0.4, 0.5) is 0 Å². The number of amides is 1. The molecule has 1 fully saturated rings. The molecule has 18 heavy (non-hydrogen) atoms. The molecule has 0 unspecified atom stereocenters. The van der Waals surface area contributed by atoms with Gasteiger partial charge in [0.25, 0.3) is 0 Å². The number of nitrogens with zero attached hydrogens (tertiary/aromatic N) is 1. The first kappa shape index (κ1) is 15.4. The molecule has 0 aromatic heterocycles. The molecule has 0 heterocycles. The first-order valence-corrected chi connectivity index (χ1v) is 6.84. The van der Waals surface area contributed by atoms with Crippen molar-refractivity contribution in [2.75, 3.05) is 46.9 Å². The lowest BCUT2D eigenvalue weighted by Gasteiger charge is -2.19. The fourth-order valence-electron chi connectivity index (χ4n) is 2.52. The second-order valence-electron chi connectivity index (χ2n) is 5.12. The first-order chi connectivity index (χ1) is 8.69. The van der Waals surface area contributed by atoms with E-state index in [1.807, 2.05) is 7.05 Å². The van der Waals surface area contributed by atoms with Crippen LogP contribution < -0.4 is 11.1 Å². The summed E-state index contributed by atoms with van der Waals surface area (Å²) < 4.78 is 5.01. The van der Waals surface area contributed by atoms with Gasteiger partial charge in [-0.2, -0.15) is 0 Å². The second-order valence-corrected chi connectivity index (χ2v) is 5.12. The van der Waals surface area contributed by atoms with Crippen molar-refractivity contribution in [2.24, 2.45) is 17.6 Å². The van der Waals surface area contributed by atoms with Crippen molar-refractivity contribution in [3.05, 3.63) is 0 Å². The van der Waals surface area contributed by atoms with E-state index in [1.165, 1.54) is 0 Å². The monoisotopic (exact) mass is 257 g/mol. The molecule has 1 aliphatic carbocycles. The van der Waals surface area contributed by atoms with Crippen molar-refractivity contribution in [3.8, 4) is 0 Å². The number of hydrogen-bond acceptors (Lipinski definition) is 4. The highest BCUT2D eigenvalue weighted by atomic mass is 16.5. The Balaban J connectivity index is 2.16. The zero-order valence-corrected chi connectivity index (χ0v) is 11.7. The molecule has 0 saturated heterocycles. The minimum atomic E-state index is 0.138. The highest BCUT2D eigenvalue weighted by Gasteiger charge is 2.31. The third-order valence-corrected chi connectivity index (χ3v) is 3.77. The van der Waals surface area contributed by atoms with E-state index < -0.39 is 0 Å². The van der Waals surface area contributed by atoms with Gasteiger partial charge >= 0.3 is 0 Å². The van der Waals surface area contributed by atoms with Crippen LogP contribution in [0.1, 0.15) is 19.3 Å². The van der Waals surface area contributed by atoms with Gasteiger partial charge in [-0.25, -0.2) is 0 Å². The average Bonchev–Trinajstić information content (AvgIpc) is 2.84. The number of carbonyl (C=O) groups is 1. The quantitative estimate of drug-likeness (QED) is 0.645. The van der Waals surface area contributed by atoms with Crippen LogP contribution in [0.15, 0.2) is 0 Å². The average molecular weight is 257 g/mol. The Labute approximate surface area is 110 Å². The fraction of sp³-hybridized carbons (Fsp3) is 0.923. The molecular weight excluding hydrogens is 230 g/mol. The highest BCUT2D eigenvalue weighted by molar-refractivity contribution is 5.79. The van der Waals surface area contributed by atoms with Crippen LogP contribution in [-0.2, 0) is 9.53 Å². The Morgan fingerprint density at radius 2 is 2.22 bits per heavy atom. The smallest absolute Gasteiger partial charge is 0.223 e. The Morgan fingerprint density at radius 1 is 1.44 bits per heavy atom. The number of hydrogen-bond donors (Lipinski definition) is 2. The third-order valence-electron chi connectivity index (χ3n) is 3.77. The minimum absolute atomic E-state index is 0.138. The van der Waals surface area contributed by atoms with Gasteiger partial charge in [0.2, 0.25) is 5.91 Å². The third kappa shape index (κ3) is 4.92. The van der Waals surface area contributed by atoms with Gasteiger partial charge in [-0.05, 0) is 32.4 Å². The van der Waals surface area contributed by atoms with E-state index in [0.717, 1.165) is 39.0 Å². The molecule has 2 atom stereocenters. The largest absolute Gasteiger partial charge is 0.383 e. The van der Waals surface area contributed by atoms with E-state index in [0.29, 0.717) is 19.0 Å². The van der Waals surface area contributed by atoms with Crippen LogP contribution in [0.3, 0.4) is 0 Å². The number of nitrogens with one attached hydrogen (secondary N) is 1. The molecule has 1 saturated carbocycles. The molecule has 0 aliphatic heterocycles. The number of carbonyl (C=O) groups excluding carboxylic acids is 1. The van der Waals surface area contributed by atoms with Crippen LogP contribution in [-0.4, -0.2) is 57.8 Å². The van der Waals surface area contributed by atoms with Crippen molar-refractivity contribution in [2.45, 2.75) is 19.3 Å². The predicted octanol–water partition coefficient (Wildman–Crippen LogP) is 0.0558. The summed E-state index contributed by atoms with van der Waals surface area (Å²) in [6, 6.07) is 0. The lowest BCUT2D eigenvalue weighted by molar-refractivity contribution is -0.126. The van der Waals surface area contributed by atoms with Gasteiger partial charge in [-0.3, -0.25) is 4.79 Å². The zero-order chi connectivity index (χ0) is 13.4. The van der Waals surface area contributed by atoms with Crippen molar-refractivity contribution < 1.29 is 9.53 Å². The summed E-state index contributed by atoms with van der Waals surface area (Å²) in [4.78, 5) is 14.2. The molecular formula is C13H27N3O2. The van der Waals surface area contributed by atoms with E-state index >= 15 is 0 Å². The van der Waals surface area contributed by atoms with Crippen molar-refractivity contribution in [1.29, 1.82) is 0 Å². The first-order valence-electron chi connectivity index (χ1n) is 6.84. The van der Waals surface area contributed by atoms with Crippen molar-refractivity contribution in [1.82, 2.24) is 10.2 Å². The van der Waals surface area contributed by atoms with Gasteiger partial charge in [0.1, 0.15) is 0 Å². The van der Waals surface area contributed by atoms with Crippen LogP contribution in [0, 0.1) is 11.8 Å². The Morgan fingerprint density at radius 3 is 2.89 bits per heavy atom. The summed E-state index contributed by atoms with van der Waals surface area (Å²) in [7, 11) is 3.73. The van der Waals surface area contributed by atoms with Crippen molar-refractivity contribution in [3.63, 3.8) is 0 Å². The number of rotatable bonds is 8. The number of methoxy groups -OCH3 is 1. The maximum atomic E-state index is 12.0. The number of likely N-dealkylation sites (N-methyl/N-ethyl adjacent to an activating group) is 1. The summed E-state index contributed by atoms with van der Waals surface area (Å²) in [5.41, 5.74) is 5.69. The SMILES string of the molecule is COCCN(C)CCNC(=O)[C@@H]1CCC[C@@H]1CN. The fourth-order valence-corrected chi connectivity index (χ4v) is 2.52. The highest BCUT2D eigenvalue weighted by Crippen LogP contribution is 2.30. The zero-order valence-electron chi connectivity index (χ0n) is 11.7. The maximum Gasteiger partial charge on any atom is 0.223 e. The minimum Gasteiger partial charge on any atom is -0.383 e. The Kier molecular flexibility index (Phi) is 7.23.